The third kappa shape index (κ3) is 2.76. The Morgan fingerprint density at radius 2 is 2.33 bits per heavy atom. The molecule has 1 aliphatic heterocycles. The number of rotatable bonds is 3. The Morgan fingerprint density at radius 3 is 2.94 bits per heavy atom. The van der Waals surface area contributed by atoms with Gasteiger partial charge in [-0.2, -0.15) is 0 Å². The first-order valence-electron chi connectivity index (χ1n) is 6.05. The van der Waals surface area contributed by atoms with Crippen molar-refractivity contribution in [1.82, 2.24) is 0 Å². The van der Waals surface area contributed by atoms with Gasteiger partial charge in [-0.3, -0.25) is 4.79 Å². The second kappa shape index (κ2) is 5.59. The molecule has 1 unspecified atom stereocenters. The maximum Gasteiger partial charge on any atom is 0.222 e. The maximum atomic E-state index is 11.2. The van der Waals surface area contributed by atoms with Crippen molar-refractivity contribution in [3.05, 3.63) is 28.8 Å². The summed E-state index contributed by atoms with van der Waals surface area (Å²) < 4.78 is 0. The van der Waals surface area contributed by atoms with Crippen molar-refractivity contribution in [1.29, 1.82) is 0 Å². The number of benzene rings is 1. The van der Waals surface area contributed by atoms with Gasteiger partial charge in [-0.25, -0.2) is 0 Å². The van der Waals surface area contributed by atoms with Gasteiger partial charge in [0.2, 0.25) is 5.91 Å². The van der Waals surface area contributed by atoms with Crippen LogP contribution in [0, 0.1) is 5.92 Å². The van der Waals surface area contributed by atoms with Crippen LogP contribution in [0.1, 0.15) is 18.4 Å². The number of nitrogens with two attached hydrogens (primary N) is 1. The summed E-state index contributed by atoms with van der Waals surface area (Å²) >= 11 is 6.07. The topological polar surface area (TPSA) is 66.6 Å². The van der Waals surface area contributed by atoms with Gasteiger partial charge in [-0.1, -0.05) is 17.7 Å². The molecule has 1 amide bonds. The minimum Gasteiger partial charge on any atom is -0.392 e. The van der Waals surface area contributed by atoms with Crippen LogP contribution in [0.15, 0.2) is 18.2 Å². The number of carbonyl (C=O) groups is 1. The predicted octanol–water partition coefficient (Wildman–Crippen LogP) is 1.53. The number of piperidine rings is 1. The summed E-state index contributed by atoms with van der Waals surface area (Å²) in [5.41, 5.74) is 7.05. The van der Waals surface area contributed by atoms with E-state index in [1.165, 1.54) is 0 Å². The first-order valence-corrected chi connectivity index (χ1v) is 6.43. The molecule has 2 rings (SSSR count). The molecule has 1 aliphatic rings. The van der Waals surface area contributed by atoms with Gasteiger partial charge in [-0.15, -0.1) is 0 Å². The molecule has 0 aliphatic carbocycles. The van der Waals surface area contributed by atoms with Crippen LogP contribution in [0.4, 0.5) is 5.69 Å². The summed E-state index contributed by atoms with van der Waals surface area (Å²) in [7, 11) is 0. The highest BCUT2D eigenvalue weighted by Crippen LogP contribution is 2.27. The fourth-order valence-electron chi connectivity index (χ4n) is 2.31. The lowest BCUT2D eigenvalue weighted by atomic mass is 9.97. The molecule has 1 aromatic carbocycles. The average molecular weight is 269 g/mol. The van der Waals surface area contributed by atoms with Crippen molar-refractivity contribution in [2.24, 2.45) is 11.7 Å². The Hall–Kier alpha value is -1.26. The number of aliphatic hydroxyl groups is 1. The van der Waals surface area contributed by atoms with Crippen molar-refractivity contribution in [2.75, 3.05) is 18.0 Å². The normalized spacial score (nSPS) is 19.9. The van der Waals surface area contributed by atoms with E-state index in [4.69, 9.17) is 22.4 Å². The van der Waals surface area contributed by atoms with Gasteiger partial charge < -0.3 is 15.7 Å². The minimum absolute atomic E-state index is 0.0664. The van der Waals surface area contributed by atoms with E-state index in [0.717, 1.165) is 25.1 Å². The van der Waals surface area contributed by atoms with Gasteiger partial charge in [0.05, 0.1) is 12.5 Å². The SMILES string of the molecule is NC(=O)C1CCCN(c2ccc(CO)c(Cl)c2)C1. The van der Waals surface area contributed by atoms with Crippen LogP contribution >= 0.6 is 11.6 Å². The number of aliphatic hydroxyl groups excluding tert-OH is 1. The molecular weight excluding hydrogens is 252 g/mol. The zero-order chi connectivity index (χ0) is 13.1. The van der Waals surface area contributed by atoms with Crippen molar-refractivity contribution >= 4 is 23.2 Å². The molecule has 98 valence electrons. The lowest BCUT2D eigenvalue weighted by molar-refractivity contribution is -0.122. The van der Waals surface area contributed by atoms with Crippen LogP contribution in [-0.4, -0.2) is 24.1 Å². The lowest BCUT2D eigenvalue weighted by Crippen LogP contribution is -2.41. The highest BCUT2D eigenvalue weighted by molar-refractivity contribution is 6.31. The number of halogens is 1. The van der Waals surface area contributed by atoms with Gasteiger partial charge in [-0.05, 0) is 30.5 Å². The van der Waals surface area contributed by atoms with Crippen molar-refractivity contribution in [2.45, 2.75) is 19.4 Å². The van der Waals surface area contributed by atoms with Crippen LogP contribution in [0.5, 0.6) is 0 Å². The Bertz CT molecular complexity index is 451. The highest BCUT2D eigenvalue weighted by Gasteiger charge is 2.24. The van der Waals surface area contributed by atoms with Gasteiger partial charge in [0.1, 0.15) is 0 Å². The largest absolute Gasteiger partial charge is 0.392 e. The van der Waals surface area contributed by atoms with Crippen LogP contribution in [-0.2, 0) is 11.4 Å². The van der Waals surface area contributed by atoms with E-state index < -0.39 is 0 Å². The van der Waals surface area contributed by atoms with Crippen LogP contribution in [0.3, 0.4) is 0 Å². The van der Waals surface area contributed by atoms with Crippen molar-refractivity contribution in [3.63, 3.8) is 0 Å². The van der Waals surface area contributed by atoms with E-state index in [9.17, 15) is 4.79 Å². The summed E-state index contributed by atoms with van der Waals surface area (Å²) in [6.45, 7) is 1.48. The van der Waals surface area contributed by atoms with Crippen LogP contribution < -0.4 is 10.6 Å². The molecule has 1 atom stereocenters. The molecule has 1 heterocycles. The number of anilines is 1. The van der Waals surface area contributed by atoms with E-state index in [0.29, 0.717) is 17.1 Å². The van der Waals surface area contributed by atoms with E-state index in [1.807, 2.05) is 18.2 Å². The van der Waals surface area contributed by atoms with Crippen molar-refractivity contribution < 1.29 is 9.90 Å². The Balaban J connectivity index is 2.16. The molecule has 0 saturated carbocycles. The summed E-state index contributed by atoms with van der Waals surface area (Å²) in [6.07, 6.45) is 1.81. The molecule has 0 bridgehead atoms. The summed E-state index contributed by atoms with van der Waals surface area (Å²) in [6, 6.07) is 5.56. The zero-order valence-corrected chi connectivity index (χ0v) is 10.9. The number of hydrogen-bond donors (Lipinski definition) is 2. The highest BCUT2D eigenvalue weighted by atomic mass is 35.5. The summed E-state index contributed by atoms with van der Waals surface area (Å²) in [4.78, 5) is 13.4. The quantitative estimate of drug-likeness (QED) is 0.874. The van der Waals surface area contributed by atoms with Crippen LogP contribution in [0.25, 0.3) is 0 Å². The second-order valence-electron chi connectivity index (χ2n) is 4.62. The van der Waals surface area contributed by atoms with E-state index in [1.54, 1.807) is 0 Å². The van der Waals surface area contributed by atoms with Gasteiger partial charge in [0.25, 0.3) is 0 Å². The second-order valence-corrected chi connectivity index (χ2v) is 5.03. The number of carbonyl (C=O) groups excluding carboxylic acids is 1. The molecule has 4 nitrogen and oxygen atoms in total. The first-order chi connectivity index (χ1) is 8.61. The Kier molecular flexibility index (Phi) is 4.09. The summed E-state index contributed by atoms with van der Waals surface area (Å²) in [5.74, 6) is -0.326. The molecule has 18 heavy (non-hydrogen) atoms. The molecule has 1 saturated heterocycles. The average Bonchev–Trinajstić information content (AvgIpc) is 2.38. The predicted molar refractivity (Wildman–Crippen MR) is 71.5 cm³/mol. The van der Waals surface area contributed by atoms with E-state index in [-0.39, 0.29) is 18.4 Å². The number of amides is 1. The molecule has 0 aromatic heterocycles. The third-order valence-corrected chi connectivity index (χ3v) is 3.75. The zero-order valence-electron chi connectivity index (χ0n) is 10.1. The van der Waals surface area contributed by atoms with Gasteiger partial charge >= 0.3 is 0 Å². The Labute approximate surface area is 111 Å². The molecule has 0 radical (unpaired) electrons. The molecule has 0 spiro atoms. The standard InChI is InChI=1S/C13H17ClN2O2/c14-12-6-11(4-3-10(12)8-17)16-5-1-2-9(7-16)13(15)18/h3-4,6,9,17H,1-2,5,7-8H2,(H2,15,18). The number of nitrogens with zero attached hydrogens (tertiary/aromatic N) is 1. The van der Waals surface area contributed by atoms with Crippen molar-refractivity contribution in [3.8, 4) is 0 Å². The van der Waals surface area contributed by atoms with Gasteiger partial charge in [0, 0.05) is 23.8 Å². The number of hydrogen-bond acceptors (Lipinski definition) is 3. The molecule has 1 fully saturated rings. The third-order valence-electron chi connectivity index (χ3n) is 3.40. The monoisotopic (exact) mass is 268 g/mol. The fourth-order valence-corrected chi connectivity index (χ4v) is 2.54. The molecule has 1 aromatic rings. The Morgan fingerprint density at radius 1 is 1.56 bits per heavy atom. The minimum atomic E-state index is -0.238. The van der Waals surface area contributed by atoms with E-state index >= 15 is 0 Å². The molecule has 5 heteroatoms. The molecule has 3 N–H and O–H groups in total. The van der Waals surface area contributed by atoms with Crippen LogP contribution in [0.2, 0.25) is 5.02 Å². The fraction of sp³-hybridized carbons (Fsp3) is 0.462. The maximum absolute atomic E-state index is 11.2. The first kappa shape index (κ1) is 13.2. The van der Waals surface area contributed by atoms with E-state index in [2.05, 4.69) is 4.90 Å². The van der Waals surface area contributed by atoms with Gasteiger partial charge in [0.15, 0.2) is 0 Å². The smallest absolute Gasteiger partial charge is 0.222 e. The molecular formula is C13H17ClN2O2. The lowest BCUT2D eigenvalue weighted by Gasteiger charge is -2.33. The summed E-state index contributed by atoms with van der Waals surface area (Å²) in [5, 5.41) is 9.63. The number of primary amides is 1.